The monoisotopic (exact) mass is 324 g/mol. The summed E-state index contributed by atoms with van der Waals surface area (Å²) < 4.78 is 27.1. The van der Waals surface area contributed by atoms with E-state index in [1.165, 1.54) is 11.3 Å². The molecular formula is C13H16N4O2S2. The highest BCUT2D eigenvalue weighted by Crippen LogP contribution is 2.23. The normalized spacial score (nSPS) is 11.1. The van der Waals surface area contributed by atoms with Crippen molar-refractivity contribution in [3.63, 3.8) is 0 Å². The first kappa shape index (κ1) is 15.5. The Morgan fingerprint density at radius 1 is 1.24 bits per heavy atom. The summed E-state index contributed by atoms with van der Waals surface area (Å²) in [7, 11) is -3.60. The van der Waals surface area contributed by atoms with Gasteiger partial charge in [0.1, 0.15) is 10.0 Å². The molecule has 0 aromatic carbocycles. The van der Waals surface area contributed by atoms with Gasteiger partial charge in [-0.3, -0.25) is 4.72 Å². The molecule has 2 N–H and O–H groups in total. The quantitative estimate of drug-likeness (QED) is 0.765. The van der Waals surface area contributed by atoms with Crippen LogP contribution in [0.25, 0.3) is 0 Å². The molecule has 0 aliphatic carbocycles. The van der Waals surface area contributed by atoms with Crippen LogP contribution in [0.4, 0.5) is 11.6 Å². The molecule has 112 valence electrons. The number of thiophene rings is 1. The molecule has 8 heteroatoms. The minimum Gasteiger partial charge on any atom is -0.365 e. The Balaban J connectivity index is 2.11. The summed E-state index contributed by atoms with van der Waals surface area (Å²) in [4.78, 5) is 1.02. The van der Waals surface area contributed by atoms with Crippen LogP contribution in [0.1, 0.15) is 11.8 Å². The lowest BCUT2D eigenvalue weighted by Gasteiger charge is -2.06. The van der Waals surface area contributed by atoms with E-state index in [1.807, 2.05) is 13.0 Å². The molecule has 0 atom stereocenters. The van der Waals surface area contributed by atoms with E-state index in [2.05, 4.69) is 26.8 Å². The molecule has 0 aliphatic rings. The molecule has 2 rings (SSSR count). The van der Waals surface area contributed by atoms with Crippen molar-refractivity contribution in [2.75, 3.05) is 16.6 Å². The van der Waals surface area contributed by atoms with Gasteiger partial charge in [-0.2, -0.15) is 0 Å². The van der Waals surface area contributed by atoms with E-state index < -0.39 is 10.0 Å². The topological polar surface area (TPSA) is 84.0 Å². The van der Waals surface area contributed by atoms with E-state index >= 15 is 0 Å². The van der Waals surface area contributed by atoms with Crippen molar-refractivity contribution in [2.45, 2.75) is 17.6 Å². The van der Waals surface area contributed by atoms with Crippen molar-refractivity contribution in [1.29, 1.82) is 0 Å². The number of aromatic nitrogens is 2. The first-order chi connectivity index (χ1) is 10.0. The van der Waals surface area contributed by atoms with Gasteiger partial charge in [0.25, 0.3) is 10.0 Å². The SMILES string of the molecule is C=CCNc1ccc(NS(=O)(=O)c2ccc(CC)s2)nn1. The number of anilines is 2. The first-order valence-electron chi connectivity index (χ1n) is 6.35. The van der Waals surface area contributed by atoms with Crippen LogP contribution in [-0.2, 0) is 16.4 Å². The Morgan fingerprint density at radius 2 is 1.95 bits per heavy atom. The van der Waals surface area contributed by atoms with Crippen molar-refractivity contribution in [3.05, 3.63) is 41.8 Å². The van der Waals surface area contributed by atoms with Gasteiger partial charge in [-0.15, -0.1) is 28.1 Å². The maximum Gasteiger partial charge on any atom is 0.272 e. The van der Waals surface area contributed by atoms with Gasteiger partial charge >= 0.3 is 0 Å². The Hall–Kier alpha value is -1.93. The molecule has 2 aromatic heterocycles. The van der Waals surface area contributed by atoms with Crippen LogP contribution < -0.4 is 10.0 Å². The fourth-order valence-corrected chi connectivity index (χ4v) is 3.83. The summed E-state index contributed by atoms with van der Waals surface area (Å²) in [6.07, 6.45) is 2.50. The molecule has 0 saturated carbocycles. The number of nitrogens with one attached hydrogen (secondary N) is 2. The molecule has 0 spiro atoms. The second-order valence-corrected chi connectivity index (χ2v) is 7.23. The molecule has 2 aromatic rings. The van der Waals surface area contributed by atoms with Crippen LogP contribution in [0.15, 0.2) is 41.1 Å². The number of sulfonamides is 1. The van der Waals surface area contributed by atoms with Crippen LogP contribution in [-0.4, -0.2) is 25.2 Å². The van der Waals surface area contributed by atoms with Gasteiger partial charge in [0.05, 0.1) is 0 Å². The predicted molar refractivity (Wildman–Crippen MR) is 85.2 cm³/mol. The lowest BCUT2D eigenvalue weighted by Crippen LogP contribution is -2.13. The predicted octanol–water partition coefficient (Wildman–Crippen LogP) is 2.50. The molecule has 0 bridgehead atoms. The fourth-order valence-electron chi connectivity index (χ4n) is 1.54. The molecule has 0 aliphatic heterocycles. The van der Waals surface area contributed by atoms with Crippen LogP contribution in [0.2, 0.25) is 0 Å². The van der Waals surface area contributed by atoms with Gasteiger partial charge in [0, 0.05) is 11.4 Å². The van der Waals surface area contributed by atoms with E-state index in [0.717, 1.165) is 11.3 Å². The third-order valence-corrected chi connectivity index (χ3v) is 5.66. The maximum absolute atomic E-state index is 12.2. The number of nitrogens with zero attached hydrogens (tertiary/aromatic N) is 2. The minimum absolute atomic E-state index is 0.186. The standard InChI is InChI=1S/C13H16N4O2S2/c1-3-9-14-11-6-7-12(16-15-11)17-21(18,19)13-8-5-10(4-2)20-13/h3,5-8H,1,4,9H2,2H3,(H,14,15)(H,16,17). The zero-order valence-corrected chi connectivity index (χ0v) is 13.2. The molecule has 21 heavy (non-hydrogen) atoms. The molecular weight excluding hydrogens is 308 g/mol. The maximum atomic E-state index is 12.2. The van der Waals surface area contributed by atoms with E-state index in [-0.39, 0.29) is 10.0 Å². The highest BCUT2D eigenvalue weighted by molar-refractivity contribution is 7.94. The van der Waals surface area contributed by atoms with Crippen LogP contribution >= 0.6 is 11.3 Å². The summed E-state index contributed by atoms with van der Waals surface area (Å²) in [6, 6.07) is 6.62. The third-order valence-electron chi connectivity index (χ3n) is 2.58. The van der Waals surface area contributed by atoms with Crippen molar-refractivity contribution in [3.8, 4) is 0 Å². The largest absolute Gasteiger partial charge is 0.365 e. The molecule has 0 saturated heterocycles. The first-order valence-corrected chi connectivity index (χ1v) is 8.65. The Kier molecular flexibility index (Phi) is 4.92. The van der Waals surface area contributed by atoms with E-state index in [9.17, 15) is 8.42 Å². The fraction of sp³-hybridized carbons (Fsp3) is 0.231. The second kappa shape index (κ2) is 6.68. The summed E-state index contributed by atoms with van der Waals surface area (Å²) in [5.74, 6) is 0.743. The van der Waals surface area contributed by atoms with Crippen molar-refractivity contribution >= 4 is 33.0 Å². The summed E-state index contributed by atoms with van der Waals surface area (Å²) in [5, 5.41) is 10.7. The summed E-state index contributed by atoms with van der Waals surface area (Å²) in [5.41, 5.74) is 0. The number of hydrogen-bond donors (Lipinski definition) is 2. The average Bonchev–Trinajstić information content (AvgIpc) is 2.96. The molecule has 0 radical (unpaired) electrons. The van der Waals surface area contributed by atoms with Gasteiger partial charge in [-0.1, -0.05) is 13.0 Å². The lowest BCUT2D eigenvalue weighted by molar-refractivity contribution is 0.603. The highest BCUT2D eigenvalue weighted by atomic mass is 32.2. The third kappa shape index (κ3) is 4.02. The van der Waals surface area contributed by atoms with Crippen molar-refractivity contribution in [1.82, 2.24) is 10.2 Å². The molecule has 6 nitrogen and oxygen atoms in total. The number of hydrogen-bond acceptors (Lipinski definition) is 6. The van der Waals surface area contributed by atoms with Gasteiger partial charge in [-0.25, -0.2) is 8.42 Å². The van der Waals surface area contributed by atoms with E-state index in [4.69, 9.17) is 0 Å². The zero-order chi connectivity index (χ0) is 15.3. The smallest absolute Gasteiger partial charge is 0.272 e. The van der Waals surface area contributed by atoms with E-state index in [0.29, 0.717) is 12.4 Å². The van der Waals surface area contributed by atoms with Crippen molar-refractivity contribution < 1.29 is 8.42 Å². The molecule has 0 fully saturated rings. The van der Waals surface area contributed by atoms with Crippen molar-refractivity contribution in [2.24, 2.45) is 0 Å². The number of aryl methyl sites for hydroxylation is 1. The van der Waals surface area contributed by atoms with Gasteiger partial charge in [0.2, 0.25) is 0 Å². The minimum atomic E-state index is -3.60. The van der Waals surface area contributed by atoms with Crippen LogP contribution in [0.3, 0.4) is 0 Å². The van der Waals surface area contributed by atoms with E-state index in [1.54, 1.807) is 24.3 Å². The second-order valence-electron chi connectivity index (χ2n) is 4.15. The Morgan fingerprint density at radius 3 is 2.52 bits per heavy atom. The van der Waals surface area contributed by atoms with Gasteiger partial charge in [-0.05, 0) is 30.7 Å². The molecule has 0 unspecified atom stereocenters. The Bertz CT molecular complexity index is 708. The lowest BCUT2D eigenvalue weighted by atomic mass is 10.4. The van der Waals surface area contributed by atoms with Gasteiger partial charge in [0.15, 0.2) is 5.82 Å². The highest BCUT2D eigenvalue weighted by Gasteiger charge is 2.17. The Labute approximate surface area is 128 Å². The summed E-state index contributed by atoms with van der Waals surface area (Å²) >= 11 is 1.25. The molecule has 2 heterocycles. The van der Waals surface area contributed by atoms with Gasteiger partial charge < -0.3 is 5.32 Å². The van der Waals surface area contributed by atoms with Crippen LogP contribution in [0.5, 0.6) is 0 Å². The van der Waals surface area contributed by atoms with Crippen LogP contribution in [0, 0.1) is 0 Å². The zero-order valence-electron chi connectivity index (χ0n) is 11.5. The summed E-state index contributed by atoms with van der Waals surface area (Å²) in [6.45, 7) is 6.13. The average molecular weight is 324 g/mol. The number of rotatable bonds is 7. The molecule has 0 amide bonds.